The number of hydrogen-bond acceptors (Lipinski definition) is 4. The van der Waals surface area contributed by atoms with E-state index in [-0.39, 0.29) is 17.3 Å². The van der Waals surface area contributed by atoms with E-state index in [1.165, 1.54) is 6.92 Å². The summed E-state index contributed by atoms with van der Waals surface area (Å²) in [5.74, 6) is -1.09. The van der Waals surface area contributed by atoms with E-state index in [4.69, 9.17) is 0 Å². The van der Waals surface area contributed by atoms with Crippen LogP contribution in [0.25, 0.3) is 11.0 Å². The lowest BCUT2D eigenvalue weighted by atomic mass is 9.83. The fourth-order valence-electron chi connectivity index (χ4n) is 3.90. The van der Waals surface area contributed by atoms with Gasteiger partial charge in [-0.2, -0.15) is 0 Å². The van der Waals surface area contributed by atoms with Gasteiger partial charge in [0.1, 0.15) is 0 Å². The normalized spacial score (nSPS) is 23.7. The van der Waals surface area contributed by atoms with Crippen LogP contribution in [-0.4, -0.2) is 32.8 Å². The van der Waals surface area contributed by atoms with Crippen LogP contribution in [-0.2, 0) is 9.59 Å². The third-order valence-electron chi connectivity index (χ3n) is 5.07. The maximum Gasteiger partial charge on any atom is 0.294 e. The molecular weight excluding hydrogens is 318 g/mol. The first-order chi connectivity index (χ1) is 12.1. The van der Waals surface area contributed by atoms with Gasteiger partial charge in [0.05, 0.1) is 29.0 Å². The lowest BCUT2D eigenvalue weighted by Gasteiger charge is -2.33. The number of aliphatic hydroxyl groups is 1. The van der Waals surface area contributed by atoms with Crippen LogP contribution in [0.2, 0.25) is 0 Å². The predicted molar refractivity (Wildman–Crippen MR) is 94.2 cm³/mol. The number of amides is 1. The number of aromatic amines is 1. The lowest BCUT2D eigenvalue weighted by Crippen LogP contribution is -2.42. The van der Waals surface area contributed by atoms with Crippen molar-refractivity contribution in [2.24, 2.45) is 5.92 Å². The number of benzene rings is 1. The second-order valence-corrected chi connectivity index (χ2v) is 6.59. The molecule has 6 nitrogen and oxygen atoms in total. The summed E-state index contributed by atoms with van der Waals surface area (Å²) in [5, 5.41) is 10.4. The first-order valence-corrected chi connectivity index (χ1v) is 8.43. The number of aliphatic hydroxyl groups excluding tert-OH is 1. The average Bonchev–Trinajstić information content (AvgIpc) is 3.18. The highest BCUT2D eigenvalue weighted by Gasteiger charge is 2.45. The minimum atomic E-state index is -0.514. The van der Waals surface area contributed by atoms with Crippen molar-refractivity contribution in [1.29, 1.82) is 0 Å². The van der Waals surface area contributed by atoms with Crippen LogP contribution in [0.4, 0.5) is 5.69 Å². The molecule has 1 aliphatic carbocycles. The maximum atomic E-state index is 12.8. The maximum absolute atomic E-state index is 12.8. The number of rotatable bonds is 3. The zero-order valence-corrected chi connectivity index (χ0v) is 13.9. The molecule has 1 aliphatic heterocycles. The molecule has 0 bridgehead atoms. The third-order valence-corrected chi connectivity index (χ3v) is 5.07. The van der Waals surface area contributed by atoms with Crippen LogP contribution in [0.15, 0.2) is 48.0 Å². The van der Waals surface area contributed by atoms with E-state index in [1.807, 2.05) is 18.2 Å². The summed E-state index contributed by atoms with van der Waals surface area (Å²) in [5.41, 5.74) is 2.49. The van der Waals surface area contributed by atoms with Gasteiger partial charge in [0.15, 0.2) is 11.5 Å². The van der Waals surface area contributed by atoms with Crippen molar-refractivity contribution in [3.8, 4) is 0 Å². The van der Waals surface area contributed by atoms with Crippen LogP contribution < -0.4 is 4.90 Å². The van der Waals surface area contributed by atoms with Gasteiger partial charge in [-0.25, -0.2) is 4.98 Å². The number of carbonyl (C=O) groups is 2. The first kappa shape index (κ1) is 15.6. The van der Waals surface area contributed by atoms with Crippen molar-refractivity contribution in [3.63, 3.8) is 0 Å². The monoisotopic (exact) mass is 337 g/mol. The molecule has 1 aromatic heterocycles. The molecule has 0 radical (unpaired) electrons. The summed E-state index contributed by atoms with van der Waals surface area (Å²) in [6.07, 6.45) is 8.36. The molecule has 6 heteroatoms. The van der Waals surface area contributed by atoms with Gasteiger partial charge in [-0.05, 0) is 50.3 Å². The number of nitrogens with one attached hydrogen (secondary N) is 1. The molecule has 2 heterocycles. The lowest BCUT2D eigenvalue weighted by molar-refractivity contribution is -0.117. The summed E-state index contributed by atoms with van der Waals surface area (Å²) in [6.45, 7) is 1.41. The molecule has 128 valence electrons. The van der Waals surface area contributed by atoms with Crippen molar-refractivity contribution < 1.29 is 14.7 Å². The Morgan fingerprint density at radius 2 is 2.20 bits per heavy atom. The van der Waals surface area contributed by atoms with Crippen LogP contribution in [0.3, 0.4) is 0 Å². The molecule has 2 aromatic rings. The van der Waals surface area contributed by atoms with Crippen LogP contribution in [0, 0.1) is 5.92 Å². The molecule has 4 rings (SSSR count). The van der Waals surface area contributed by atoms with Crippen molar-refractivity contribution in [3.05, 3.63) is 48.0 Å². The summed E-state index contributed by atoms with van der Waals surface area (Å²) in [6, 6.07) is 5.05. The second kappa shape index (κ2) is 5.88. The quantitative estimate of drug-likeness (QED) is 0.843. The summed E-state index contributed by atoms with van der Waals surface area (Å²) < 4.78 is 0. The number of hydrogen-bond donors (Lipinski definition) is 2. The predicted octanol–water partition coefficient (Wildman–Crippen LogP) is 3.04. The topological polar surface area (TPSA) is 86.3 Å². The molecule has 2 N–H and O–H groups in total. The van der Waals surface area contributed by atoms with Crippen LogP contribution >= 0.6 is 0 Å². The molecule has 2 unspecified atom stereocenters. The van der Waals surface area contributed by atoms with Gasteiger partial charge in [-0.1, -0.05) is 12.2 Å². The molecule has 0 saturated heterocycles. The standard InChI is InChI=1S/C19H19N3O3/c1-11(23)16-17(12-5-3-2-4-6-12)22(19(25)18(16)24)13-7-8-14-15(9-13)21-10-20-14/h2-3,7-10,12,17,24H,4-6H2,1H3,(H,20,21). The van der Waals surface area contributed by atoms with E-state index in [0.29, 0.717) is 5.69 Å². The molecule has 2 atom stereocenters. The SMILES string of the molecule is CC(=O)C1=C(O)C(=O)N(c2ccc3[nH]cnc3c2)C1C1CC=CCC1. The minimum Gasteiger partial charge on any atom is -0.503 e. The van der Waals surface area contributed by atoms with Gasteiger partial charge < -0.3 is 10.1 Å². The number of imidazole rings is 1. The number of anilines is 1. The Morgan fingerprint density at radius 1 is 1.36 bits per heavy atom. The Balaban J connectivity index is 1.82. The van der Waals surface area contributed by atoms with Gasteiger partial charge in [0.2, 0.25) is 0 Å². The van der Waals surface area contributed by atoms with Gasteiger partial charge in [0, 0.05) is 5.69 Å². The number of aromatic nitrogens is 2. The van der Waals surface area contributed by atoms with Gasteiger partial charge in [0.25, 0.3) is 5.91 Å². The Hall–Kier alpha value is -2.89. The number of allylic oxidation sites excluding steroid dienone is 2. The summed E-state index contributed by atoms with van der Waals surface area (Å²) >= 11 is 0. The van der Waals surface area contributed by atoms with Crippen LogP contribution in [0.1, 0.15) is 26.2 Å². The average molecular weight is 337 g/mol. The number of carbonyl (C=O) groups excluding carboxylic acids is 2. The summed E-state index contributed by atoms with van der Waals surface area (Å²) in [4.78, 5) is 33.8. The third kappa shape index (κ3) is 2.45. The number of H-pyrrole nitrogens is 1. The van der Waals surface area contributed by atoms with Gasteiger partial charge >= 0.3 is 0 Å². The zero-order chi connectivity index (χ0) is 17.6. The molecule has 0 fully saturated rings. The number of fused-ring (bicyclic) bond motifs is 1. The molecule has 25 heavy (non-hydrogen) atoms. The van der Waals surface area contributed by atoms with Crippen molar-refractivity contribution in [1.82, 2.24) is 9.97 Å². The van der Waals surface area contributed by atoms with E-state index in [2.05, 4.69) is 22.1 Å². The second-order valence-electron chi connectivity index (χ2n) is 6.59. The van der Waals surface area contributed by atoms with Gasteiger partial charge in [-0.3, -0.25) is 14.5 Å². The number of Topliss-reactive ketones (excluding diaryl/α,β-unsaturated/α-hetero) is 1. The highest BCUT2D eigenvalue weighted by Crippen LogP contribution is 2.39. The molecule has 0 saturated carbocycles. The fraction of sp³-hybridized carbons (Fsp3) is 0.316. The van der Waals surface area contributed by atoms with Crippen molar-refractivity contribution >= 4 is 28.4 Å². The number of ketones is 1. The Morgan fingerprint density at radius 3 is 2.92 bits per heavy atom. The molecular formula is C19H19N3O3. The Bertz CT molecular complexity index is 925. The largest absolute Gasteiger partial charge is 0.503 e. The molecule has 2 aliphatic rings. The van der Waals surface area contributed by atoms with Crippen molar-refractivity contribution in [2.45, 2.75) is 32.2 Å². The zero-order valence-electron chi connectivity index (χ0n) is 13.9. The molecule has 0 spiro atoms. The summed E-state index contributed by atoms with van der Waals surface area (Å²) in [7, 11) is 0. The van der Waals surface area contributed by atoms with Crippen LogP contribution in [0.5, 0.6) is 0 Å². The Kier molecular flexibility index (Phi) is 3.67. The van der Waals surface area contributed by atoms with Gasteiger partial charge in [-0.15, -0.1) is 0 Å². The van der Waals surface area contributed by atoms with Crippen molar-refractivity contribution in [2.75, 3.05) is 4.90 Å². The van der Waals surface area contributed by atoms with E-state index >= 15 is 0 Å². The van der Waals surface area contributed by atoms with E-state index in [1.54, 1.807) is 11.2 Å². The van der Waals surface area contributed by atoms with E-state index < -0.39 is 17.7 Å². The minimum absolute atomic E-state index is 0.104. The van der Waals surface area contributed by atoms with E-state index in [9.17, 15) is 14.7 Å². The smallest absolute Gasteiger partial charge is 0.294 e. The number of nitrogens with zero attached hydrogens (tertiary/aromatic N) is 2. The Labute approximate surface area is 144 Å². The highest BCUT2D eigenvalue weighted by atomic mass is 16.3. The molecule has 1 amide bonds. The molecule has 1 aromatic carbocycles. The fourth-order valence-corrected chi connectivity index (χ4v) is 3.90. The highest BCUT2D eigenvalue weighted by molar-refractivity contribution is 6.16. The first-order valence-electron chi connectivity index (χ1n) is 8.43. The van der Waals surface area contributed by atoms with E-state index in [0.717, 1.165) is 30.3 Å².